The van der Waals surface area contributed by atoms with Gasteiger partial charge in [0.2, 0.25) is 0 Å². The maximum absolute atomic E-state index is 6.49. The van der Waals surface area contributed by atoms with E-state index in [1.165, 1.54) is 0 Å². The Labute approximate surface area is 121 Å². The van der Waals surface area contributed by atoms with Gasteiger partial charge in [0.1, 0.15) is 0 Å². The average Bonchev–Trinajstić information content (AvgIpc) is 1.87. The van der Waals surface area contributed by atoms with E-state index in [4.69, 9.17) is 21.9 Å². The second kappa shape index (κ2) is 5.46. The molecule has 0 unspecified atom stereocenters. The molecule has 0 bridgehead atoms. The Morgan fingerprint density at radius 1 is 0.737 bits per heavy atom. The number of hydrogen-bond donors (Lipinski definition) is 1. The van der Waals surface area contributed by atoms with Gasteiger partial charge in [0.05, 0.1) is 0 Å². The Morgan fingerprint density at radius 3 is 1.37 bits per heavy atom. The maximum atomic E-state index is 6.49. The average molecular weight is 340 g/mol. The molecule has 1 saturated heterocycles. The molecule has 0 atom stereocenters. The summed E-state index contributed by atoms with van der Waals surface area (Å²) in [5, 5.41) is 6.49. The van der Waals surface area contributed by atoms with Crippen molar-refractivity contribution in [2.24, 2.45) is 11.3 Å². The first-order valence-corrected chi connectivity index (χ1v) is 17.4. The van der Waals surface area contributed by atoms with E-state index in [0.717, 1.165) is 6.04 Å². The van der Waals surface area contributed by atoms with Gasteiger partial charge >= 0.3 is 34.4 Å². The summed E-state index contributed by atoms with van der Waals surface area (Å²) in [5.74, 6) is 0.441. The van der Waals surface area contributed by atoms with Crippen LogP contribution in [0.4, 0.5) is 0 Å². The van der Waals surface area contributed by atoms with Crippen LogP contribution in [0, 0.1) is 5.92 Å². The third kappa shape index (κ3) is 5.89. The molecule has 1 fully saturated rings. The van der Waals surface area contributed by atoms with Crippen LogP contribution < -0.4 is 5.40 Å². The number of hydrogen-bond acceptors (Lipinski definition) is 5. The molecule has 0 saturated carbocycles. The lowest BCUT2D eigenvalue weighted by atomic mass is 10.3. The molecule has 1 aliphatic rings. The van der Waals surface area contributed by atoms with Crippen LogP contribution in [0.3, 0.4) is 0 Å². The zero-order valence-corrected chi connectivity index (χ0v) is 17.5. The first-order valence-electron chi connectivity index (χ1n) is 6.84. The van der Waals surface area contributed by atoms with Crippen molar-refractivity contribution in [2.45, 2.75) is 59.2 Å². The molecule has 0 aliphatic carbocycles. The smallest absolute Gasteiger partial charge is 0.404 e. The van der Waals surface area contributed by atoms with Crippen LogP contribution in [-0.4, -0.2) is 34.4 Å². The molecule has 1 rings (SSSR count). The molecule has 114 valence electrons. The Balaban J connectivity index is 3.04. The molecule has 0 aromatic rings. The van der Waals surface area contributed by atoms with Crippen LogP contribution in [0.1, 0.15) is 13.8 Å². The summed E-state index contributed by atoms with van der Waals surface area (Å²) in [4.78, 5) is 0. The van der Waals surface area contributed by atoms with E-state index < -0.39 is 34.4 Å². The molecular formula is C10H29NO4Si4. The molecule has 9 heteroatoms. The zero-order chi connectivity index (χ0) is 15.1. The fraction of sp³-hybridized carbons (Fsp3) is 1.00. The van der Waals surface area contributed by atoms with Gasteiger partial charge in [-0.3, -0.25) is 0 Å². The Bertz CT molecular complexity index is 313. The predicted molar refractivity (Wildman–Crippen MR) is 86.4 cm³/mol. The highest BCUT2D eigenvalue weighted by molar-refractivity contribution is 6.92. The third-order valence-electron chi connectivity index (χ3n) is 2.51. The summed E-state index contributed by atoms with van der Waals surface area (Å²) in [6.07, 6.45) is 0. The largest absolute Gasteiger partial charge is 0.416 e. The van der Waals surface area contributed by atoms with Crippen LogP contribution >= 0.6 is 0 Å². The molecule has 5 nitrogen and oxygen atoms in total. The summed E-state index contributed by atoms with van der Waals surface area (Å²) in [7, 11) is -9.53. The molecule has 1 aliphatic heterocycles. The summed E-state index contributed by atoms with van der Waals surface area (Å²) in [6.45, 7) is 16.5. The number of nitrogens with two attached hydrogens (primary N) is 1. The van der Waals surface area contributed by atoms with E-state index in [0.29, 0.717) is 5.92 Å². The fourth-order valence-electron chi connectivity index (χ4n) is 2.75. The highest BCUT2D eigenvalue weighted by atomic mass is 28.5. The van der Waals surface area contributed by atoms with Crippen LogP contribution in [0.5, 0.6) is 0 Å². The third-order valence-corrected chi connectivity index (χ3v) is 18.5. The standard InChI is InChI=1S/C10H29NO4Si4/c1-10(2)9-19(11)14-17(5,6)12-16(3,4)13-18(7,8)15-19/h10H,9,11H2,1-8H3. The molecule has 19 heavy (non-hydrogen) atoms. The van der Waals surface area contributed by atoms with E-state index >= 15 is 0 Å². The van der Waals surface area contributed by atoms with Crippen LogP contribution in [0.15, 0.2) is 0 Å². The Hall–Kier alpha value is 0.668. The minimum Gasteiger partial charge on any atom is -0.416 e. The fourth-order valence-corrected chi connectivity index (χ4v) is 22.9. The molecule has 0 aromatic heterocycles. The zero-order valence-electron chi connectivity index (χ0n) is 13.5. The molecule has 0 spiro atoms. The first kappa shape index (κ1) is 17.7. The first-order chi connectivity index (χ1) is 8.24. The monoisotopic (exact) mass is 339 g/mol. The lowest BCUT2D eigenvalue weighted by molar-refractivity contribution is 0.228. The van der Waals surface area contributed by atoms with Gasteiger partial charge in [-0.05, 0) is 45.2 Å². The van der Waals surface area contributed by atoms with Crippen molar-refractivity contribution in [1.82, 2.24) is 0 Å². The lowest BCUT2D eigenvalue weighted by Gasteiger charge is -2.47. The van der Waals surface area contributed by atoms with Crippen molar-refractivity contribution >= 4 is 34.4 Å². The summed E-state index contributed by atoms with van der Waals surface area (Å²) < 4.78 is 24.9. The molecule has 2 N–H and O–H groups in total. The van der Waals surface area contributed by atoms with Crippen molar-refractivity contribution < 1.29 is 16.5 Å². The van der Waals surface area contributed by atoms with E-state index in [1.807, 2.05) is 26.2 Å². The van der Waals surface area contributed by atoms with Crippen molar-refractivity contribution in [3.05, 3.63) is 0 Å². The highest BCUT2D eigenvalue weighted by Crippen LogP contribution is 2.31. The van der Waals surface area contributed by atoms with Gasteiger partial charge in [-0.15, -0.1) is 0 Å². The van der Waals surface area contributed by atoms with Gasteiger partial charge in [-0.2, -0.15) is 0 Å². The predicted octanol–water partition coefficient (Wildman–Crippen LogP) is 2.73. The quantitative estimate of drug-likeness (QED) is 0.784. The van der Waals surface area contributed by atoms with E-state index in [-0.39, 0.29) is 0 Å². The maximum Gasteiger partial charge on any atom is 0.404 e. The van der Waals surface area contributed by atoms with Crippen molar-refractivity contribution in [3.8, 4) is 0 Å². The Kier molecular flexibility index (Phi) is 5.09. The van der Waals surface area contributed by atoms with Crippen molar-refractivity contribution in [1.29, 1.82) is 0 Å². The van der Waals surface area contributed by atoms with Crippen molar-refractivity contribution in [2.75, 3.05) is 0 Å². The minimum absolute atomic E-state index is 0.441. The van der Waals surface area contributed by atoms with E-state index in [2.05, 4.69) is 26.9 Å². The van der Waals surface area contributed by atoms with Crippen LogP contribution in [0.2, 0.25) is 45.3 Å². The van der Waals surface area contributed by atoms with Crippen molar-refractivity contribution in [3.63, 3.8) is 0 Å². The highest BCUT2D eigenvalue weighted by Gasteiger charge is 2.53. The van der Waals surface area contributed by atoms with Gasteiger partial charge in [-0.25, -0.2) is 0 Å². The van der Waals surface area contributed by atoms with Crippen LogP contribution in [-0.2, 0) is 16.5 Å². The van der Waals surface area contributed by atoms with Gasteiger partial charge in [-0.1, -0.05) is 13.8 Å². The Morgan fingerprint density at radius 2 is 1.05 bits per heavy atom. The SMILES string of the molecule is CC(C)C[Si]1(N)O[Si](C)(C)O[Si](C)(C)O[Si](C)(C)O1. The second-order valence-electron chi connectivity index (χ2n) is 7.02. The molecule has 0 amide bonds. The topological polar surface area (TPSA) is 62.9 Å². The van der Waals surface area contributed by atoms with Crippen LogP contribution in [0.25, 0.3) is 0 Å². The second-order valence-corrected chi connectivity index (χ2v) is 20.7. The van der Waals surface area contributed by atoms with E-state index in [1.54, 1.807) is 0 Å². The molecular weight excluding hydrogens is 310 g/mol. The van der Waals surface area contributed by atoms with Gasteiger partial charge in [0.25, 0.3) is 0 Å². The lowest BCUT2D eigenvalue weighted by Crippen LogP contribution is -2.69. The summed E-state index contributed by atoms with van der Waals surface area (Å²) in [6, 6.07) is 0.772. The van der Waals surface area contributed by atoms with Gasteiger partial charge < -0.3 is 21.9 Å². The normalized spacial score (nSPS) is 28.7. The van der Waals surface area contributed by atoms with E-state index in [9.17, 15) is 0 Å². The van der Waals surface area contributed by atoms with Gasteiger partial charge in [0.15, 0.2) is 0 Å². The summed E-state index contributed by atoms with van der Waals surface area (Å²) >= 11 is 0. The molecule has 1 heterocycles. The molecule has 0 aromatic carbocycles. The molecule has 0 radical (unpaired) electrons. The number of rotatable bonds is 2. The summed E-state index contributed by atoms with van der Waals surface area (Å²) in [5.41, 5.74) is 0. The minimum atomic E-state index is -2.72. The van der Waals surface area contributed by atoms with Gasteiger partial charge in [0, 0.05) is 6.04 Å².